The number of halogens is 1. The number of benzene rings is 2. The third kappa shape index (κ3) is 2.17. The van der Waals surface area contributed by atoms with Crippen molar-refractivity contribution in [2.24, 2.45) is 5.73 Å². The van der Waals surface area contributed by atoms with Crippen molar-refractivity contribution in [2.75, 3.05) is 0 Å². The smallest absolute Gasteiger partial charge is 0.123 e. The maximum Gasteiger partial charge on any atom is 0.123 e. The van der Waals surface area contributed by atoms with E-state index in [-0.39, 0.29) is 5.82 Å². The van der Waals surface area contributed by atoms with Crippen molar-refractivity contribution in [1.82, 2.24) is 4.98 Å². The van der Waals surface area contributed by atoms with Gasteiger partial charge in [-0.05, 0) is 48.4 Å². The predicted molar refractivity (Wildman–Crippen MR) is 78.8 cm³/mol. The first-order valence-electron chi connectivity index (χ1n) is 6.47. The van der Waals surface area contributed by atoms with Crippen LogP contribution in [0.3, 0.4) is 0 Å². The molecular weight excluding hydrogens is 251 g/mol. The Morgan fingerprint density at radius 3 is 2.45 bits per heavy atom. The van der Waals surface area contributed by atoms with E-state index < -0.39 is 5.54 Å². The first kappa shape index (κ1) is 12.8. The topological polar surface area (TPSA) is 38.9 Å². The Kier molecular flexibility index (Phi) is 2.99. The zero-order valence-corrected chi connectivity index (χ0v) is 11.2. The Labute approximate surface area is 117 Å². The fourth-order valence-corrected chi connectivity index (χ4v) is 2.36. The molecule has 1 unspecified atom stereocenters. The molecular formula is C17H15FN2. The molecule has 1 aromatic heterocycles. The quantitative estimate of drug-likeness (QED) is 0.769. The normalized spacial score (nSPS) is 14.2. The molecule has 1 heterocycles. The van der Waals surface area contributed by atoms with Gasteiger partial charge < -0.3 is 5.73 Å². The van der Waals surface area contributed by atoms with Gasteiger partial charge in [0.25, 0.3) is 0 Å². The maximum atomic E-state index is 13.0. The van der Waals surface area contributed by atoms with E-state index in [2.05, 4.69) is 4.98 Å². The Balaban J connectivity index is 2.10. The van der Waals surface area contributed by atoms with E-state index in [1.807, 2.05) is 37.3 Å². The van der Waals surface area contributed by atoms with Crippen LogP contribution in [-0.2, 0) is 5.54 Å². The lowest BCUT2D eigenvalue weighted by atomic mass is 9.85. The summed E-state index contributed by atoms with van der Waals surface area (Å²) in [5.41, 5.74) is 8.58. The van der Waals surface area contributed by atoms with Gasteiger partial charge >= 0.3 is 0 Å². The molecule has 2 aromatic carbocycles. The van der Waals surface area contributed by atoms with Gasteiger partial charge in [0.2, 0.25) is 0 Å². The number of nitrogens with two attached hydrogens (primary N) is 1. The largest absolute Gasteiger partial charge is 0.318 e. The molecule has 0 saturated carbocycles. The number of nitrogens with zero attached hydrogens (tertiary/aromatic N) is 1. The molecule has 0 fully saturated rings. The van der Waals surface area contributed by atoms with Crippen LogP contribution in [0.2, 0.25) is 0 Å². The summed E-state index contributed by atoms with van der Waals surface area (Å²) in [7, 11) is 0. The van der Waals surface area contributed by atoms with Gasteiger partial charge in [0.05, 0.1) is 11.1 Å². The van der Waals surface area contributed by atoms with E-state index in [0.29, 0.717) is 0 Å². The average Bonchev–Trinajstić information content (AvgIpc) is 2.47. The number of aromatic nitrogens is 1. The van der Waals surface area contributed by atoms with E-state index >= 15 is 0 Å². The summed E-state index contributed by atoms with van der Waals surface area (Å²) >= 11 is 0. The SMILES string of the molecule is CC(N)(c1ccc(F)cc1)c1ccc2ncccc2c1. The van der Waals surface area contributed by atoms with Gasteiger partial charge in [-0.1, -0.05) is 24.3 Å². The van der Waals surface area contributed by atoms with E-state index in [9.17, 15) is 4.39 Å². The number of hydrogen-bond donors (Lipinski definition) is 1. The van der Waals surface area contributed by atoms with Crippen LogP contribution in [0.1, 0.15) is 18.1 Å². The Morgan fingerprint density at radius 2 is 1.70 bits per heavy atom. The molecule has 2 N–H and O–H groups in total. The van der Waals surface area contributed by atoms with E-state index in [1.54, 1.807) is 18.3 Å². The molecule has 3 rings (SSSR count). The summed E-state index contributed by atoms with van der Waals surface area (Å²) in [6, 6.07) is 16.2. The zero-order chi connectivity index (χ0) is 14.2. The van der Waals surface area contributed by atoms with Crippen molar-refractivity contribution in [2.45, 2.75) is 12.5 Å². The molecule has 0 radical (unpaired) electrons. The lowest BCUT2D eigenvalue weighted by Crippen LogP contribution is -2.34. The number of rotatable bonds is 2. The minimum atomic E-state index is -0.669. The predicted octanol–water partition coefficient (Wildman–Crippen LogP) is 3.60. The molecule has 0 bridgehead atoms. The molecule has 0 aliphatic heterocycles. The summed E-state index contributed by atoms with van der Waals surface area (Å²) < 4.78 is 13.0. The van der Waals surface area contributed by atoms with Gasteiger partial charge in [-0.25, -0.2) is 4.39 Å². The second-order valence-electron chi connectivity index (χ2n) is 5.12. The van der Waals surface area contributed by atoms with Crippen molar-refractivity contribution in [1.29, 1.82) is 0 Å². The summed E-state index contributed by atoms with van der Waals surface area (Å²) in [5.74, 6) is -0.257. The average molecular weight is 266 g/mol. The van der Waals surface area contributed by atoms with Crippen molar-refractivity contribution < 1.29 is 4.39 Å². The lowest BCUT2D eigenvalue weighted by Gasteiger charge is -2.26. The molecule has 2 nitrogen and oxygen atoms in total. The summed E-state index contributed by atoms with van der Waals surface area (Å²) in [5, 5.41) is 1.05. The Bertz CT molecular complexity index is 748. The summed E-state index contributed by atoms with van der Waals surface area (Å²) in [4.78, 5) is 4.30. The van der Waals surface area contributed by atoms with Crippen LogP contribution in [0, 0.1) is 5.82 Å². The Hall–Kier alpha value is -2.26. The van der Waals surface area contributed by atoms with Crippen molar-refractivity contribution in [3.05, 3.63) is 77.7 Å². The highest BCUT2D eigenvalue weighted by Gasteiger charge is 2.23. The van der Waals surface area contributed by atoms with Gasteiger partial charge in [0.15, 0.2) is 0 Å². The molecule has 0 spiro atoms. The van der Waals surface area contributed by atoms with Crippen LogP contribution in [0.4, 0.5) is 4.39 Å². The molecule has 3 aromatic rings. The minimum absolute atomic E-state index is 0.257. The van der Waals surface area contributed by atoms with Gasteiger partial charge in [0, 0.05) is 11.6 Å². The van der Waals surface area contributed by atoms with Crippen LogP contribution < -0.4 is 5.73 Å². The van der Waals surface area contributed by atoms with E-state index in [0.717, 1.165) is 22.0 Å². The van der Waals surface area contributed by atoms with Gasteiger partial charge in [-0.3, -0.25) is 4.98 Å². The summed E-state index contributed by atoms with van der Waals surface area (Å²) in [6.07, 6.45) is 1.77. The number of pyridine rings is 1. The molecule has 0 aliphatic rings. The molecule has 1 atom stereocenters. The lowest BCUT2D eigenvalue weighted by molar-refractivity contribution is 0.594. The second kappa shape index (κ2) is 4.69. The molecule has 0 saturated heterocycles. The van der Waals surface area contributed by atoms with Crippen LogP contribution in [0.5, 0.6) is 0 Å². The van der Waals surface area contributed by atoms with Crippen LogP contribution in [-0.4, -0.2) is 4.98 Å². The first-order valence-corrected chi connectivity index (χ1v) is 6.47. The monoisotopic (exact) mass is 266 g/mol. The third-order valence-corrected chi connectivity index (χ3v) is 3.65. The minimum Gasteiger partial charge on any atom is -0.318 e. The van der Waals surface area contributed by atoms with Crippen LogP contribution in [0.15, 0.2) is 60.8 Å². The fourth-order valence-electron chi connectivity index (χ4n) is 2.36. The number of hydrogen-bond acceptors (Lipinski definition) is 2. The molecule has 0 amide bonds. The number of fused-ring (bicyclic) bond motifs is 1. The van der Waals surface area contributed by atoms with Crippen molar-refractivity contribution >= 4 is 10.9 Å². The molecule has 100 valence electrons. The third-order valence-electron chi connectivity index (χ3n) is 3.65. The van der Waals surface area contributed by atoms with Crippen LogP contribution >= 0.6 is 0 Å². The highest BCUT2D eigenvalue weighted by Crippen LogP contribution is 2.28. The van der Waals surface area contributed by atoms with Gasteiger partial charge in [0.1, 0.15) is 5.82 Å². The second-order valence-corrected chi connectivity index (χ2v) is 5.12. The maximum absolute atomic E-state index is 13.0. The molecule has 20 heavy (non-hydrogen) atoms. The molecule has 3 heteroatoms. The van der Waals surface area contributed by atoms with Gasteiger partial charge in [-0.15, -0.1) is 0 Å². The summed E-state index contributed by atoms with van der Waals surface area (Å²) in [6.45, 7) is 1.93. The van der Waals surface area contributed by atoms with Crippen molar-refractivity contribution in [3.8, 4) is 0 Å². The zero-order valence-electron chi connectivity index (χ0n) is 11.2. The van der Waals surface area contributed by atoms with E-state index in [1.165, 1.54) is 12.1 Å². The van der Waals surface area contributed by atoms with E-state index in [4.69, 9.17) is 5.73 Å². The van der Waals surface area contributed by atoms with Gasteiger partial charge in [-0.2, -0.15) is 0 Å². The fraction of sp³-hybridized carbons (Fsp3) is 0.118. The molecule has 0 aliphatic carbocycles. The highest BCUT2D eigenvalue weighted by atomic mass is 19.1. The first-order chi connectivity index (χ1) is 9.57. The highest BCUT2D eigenvalue weighted by molar-refractivity contribution is 5.79. The van der Waals surface area contributed by atoms with Crippen molar-refractivity contribution in [3.63, 3.8) is 0 Å². The standard InChI is InChI=1S/C17H15FN2/c1-17(19,13-4-7-15(18)8-5-13)14-6-9-16-12(11-14)3-2-10-20-16/h2-11H,19H2,1H3. The Morgan fingerprint density at radius 1 is 1.00 bits per heavy atom. The van der Waals surface area contributed by atoms with Crippen LogP contribution in [0.25, 0.3) is 10.9 Å².